The summed E-state index contributed by atoms with van der Waals surface area (Å²) in [5.41, 5.74) is 6.28. The van der Waals surface area contributed by atoms with Crippen LogP contribution in [0.4, 0.5) is 0 Å². The lowest BCUT2D eigenvalue weighted by molar-refractivity contribution is -0.120. The number of ether oxygens (including phenoxy) is 1. The Balaban J connectivity index is 2.58. The van der Waals surface area contributed by atoms with Gasteiger partial charge >= 0.3 is 5.97 Å². The second-order valence-corrected chi connectivity index (χ2v) is 4.43. The molecule has 0 fully saturated rings. The van der Waals surface area contributed by atoms with E-state index in [1.54, 1.807) is 38.0 Å². The first-order chi connectivity index (χ1) is 9.95. The van der Waals surface area contributed by atoms with Crippen molar-refractivity contribution in [2.24, 2.45) is 12.8 Å². The molecule has 0 aliphatic heterocycles. The van der Waals surface area contributed by atoms with Crippen molar-refractivity contribution < 1.29 is 14.3 Å². The SMILES string of the molecule is CCOC(=O)c1nnn(C(C)C(N)=O)c1-c1cnn(C)c1. The summed E-state index contributed by atoms with van der Waals surface area (Å²) in [6.07, 6.45) is 3.23. The van der Waals surface area contributed by atoms with Crippen molar-refractivity contribution in [2.45, 2.75) is 19.9 Å². The van der Waals surface area contributed by atoms with Crippen LogP contribution < -0.4 is 5.73 Å². The number of carbonyl (C=O) groups excluding carboxylic acids is 2. The van der Waals surface area contributed by atoms with Crippen LogP contribution in [0.15, 0.2) is 12.4 Å². The summed E-state index contributed by atoms with van der Waals surface area (Å²) in [5.74, 6) is -1.19. The molecule has 112 valence electrons. The maximum atomic E-state index is 12.0. The number of nitrogens with zero attached hydrogens (tertiary/aromatic N) is 5. The summed E-state index contributed by atoms with van der Waals surface area (Å²) in [7, 11) is 1.74. The Morgan fingerprint density at radius 3 is 2.71 bits per heavy atom. The van der Waals surface area contributed by atoms with E-state index in [1.807, 2.05) is 0 Å². The van der Waals surface area contributed by atoms with Gasteiger partial charge in [-0.05, 0) is 13.8 Å². The standard InChI is InChI=1S/C12H16N6O3/c1-4-21-12(20)9-10(8-5-14-17(3)6-8)18(16-15-9)7(2)11(13)19/h5-7H,4H2,1-3H3,(H2,13,19). The average molecular weight is 292 g/mol. The predicted octanol–water partition coefficient (Wildman–Crippen LogP) is -0.0984. The first-order valence-corrected chi connectivity index (χ1v) is 6.36. The Hall–Kier alpha value is -2.71. The van der Waals surface area contributed by atoms with Gasteiger partial charge < -0.3 is 10.5 Å². The van der Waals surface area contributed by atoms with Gasteiger partial charge in [-0.3, -0.25) is 9.48 Å². The van der Waals surface area contributed by atoms with Gasteiger partial charge in [0.15, 0.2) is 5.69 Å². The highest BCUT2D eigenvalue weighted by atomic mass is 16.5. The number of aromatic nitrogens is 5. The van der Waals surface area contributed by atoms with Crippen molar-refractivity contribution >= 4 is 11.9 Å². The summed E-state index contributed by atoms with van der Waals surface area (Å²) in [6, 6.07) is -0.754. The molecule has 1 unspecified atom stereocenters. The minimum absolute atomic E-state index is 0.0259. The molecule has 2 aromatic heterocycles. The lowest BCUT2D eigenvalue weighted by atomic mass is 10.2. The van der Waals surface area contributed by atoms with E-state index in [0.29, 0.717) is 11.3 Å². The molecule has 0 saturated carbocycles. The van der Waals surface area contributed by atoms with Crippen LogP contribution in [0.2, 0.25) is 0 Å². The van der Waals surface area contributed by atoms with E-state index >= 15 is 0 Å². The molecule has 2 aromatic rings. The predicted molar refractivity (Wildman–Crippen MR) is 72.1 cm³/mol. The van der Waals surface area contributed by atoms with Gasteiger partial charge in [0.25, 0.3) is 0 Å². The zero-order valence-corrected chi connectivity index (χ0v) is 12.0. The topological polar surface area (TPSA) is 118 Å². The molecule has 1 amide bonds. The van der Waals surface area contributed by atoms with Gasteiger partial charge in [-0.25, -0.2) is 9.48 Å². The van der Waals surface area contributed by atoms with E-state index in [4.69, 9.17) is 10.5 Å². The maximum absolute atomic E-state index is 12.0. The second-order valence-electron chi connectivity index (χ2n) is 4.43. The number of rotatable bonds is 5. The van der Waals surface area contributed by atoms with Crippen molar-refractivity contribution in [3.05, 3.63) is 18.1 Å². The minimum atomic E-state index is -0.754. The number of primary amides is 1. The normalized spacial score (nSPS) is 12.1. The molecule has 0 bridgehead atoms. The van der Waals surface area contributed by atoms with Crippen LogP contribution in [-0.4, -0.2) is 43.3 Å². The Morgan fingerprint density at radius 2 is 2.19 bits per heavy atom. The largest absolute Gasteiger partial charge is 0.461 e. The fourth-order valence-corrected chi connectivity index (χ4v) is 1.83. The molecule has 2 rings (SSSR count). The molecule has 2 N–H and O–H groups in total. The van der Waals surface area contributed by atoms with E-state index in [-0.39, 0.29) is 12.3 Å². The van der Waals surface area contributed by atoms with Crippen LogP contribution >= 0.6 is 0 Å². The number of esters is 1. The van der Waals surface area contributed by atoms with Crippen molar-refractivity contribution in [3.8, 4) is 11.3 Å². The zero-order chi connectivity index (χ0) is 15.6. The fraction of sp³-hybridized carbons (Fsp3) is 0.417. The first-order valence-electron chi connectivity index (χ1n) is 6.36. The van der Waals surface area contributed by atoms with Gasteiger partial charge in [-0.2, -0.15) is 5.10 Å². The monoisotopic (exact) mass is 292 g/mol. The van der Waals surface area contributed by atoms with E-state index in [0.717, 1.165) is 0 Å². The molecular weight excluding hydrogens is 276 g/mol. The molecular formula is C12H16N6O3. The highest BCUT2D eigenvalue weighted by Crippen LogP contribution is 2.25. The molecule has 2 heterocycles. The van der Waals surface area contributed by atoms with Crippen LogP contribution in [0.25, 0.3) is 11.3 Å². The van der Waals surface area contributed by atoms with Crippen LogP contribution in [0.1, 0.15) is 30.4 Å². The molecule has 1 atom stereocenters. The molecule has 0 saturated heterocycles. The fourth-order valence-electron chi connectivity index (χ4n) is 1.83. The maximum Gasteiger partial charge on any atom is 0.361 e. The van der Waals surface area contributed by atoms with Gasteiger partial charge in [-0.1, -0.05) is 5.21 Å². The van der Waals surface area contributed by atoms with E-state index in [9.17, 15) is 9.59 Å². The van der Waals surface area contributed by atoms with Crippen molar-refractivity contribution in [3.63, 3.8) is 0 Å². The van der Waals surface area contributed by atoms with Gasteiger partial charge in [0.2, 0.25) is 5.91 Å². The summed E-state index contributed by atoms with van der Waals surface area (Å²) in [5, 5.41) is 11.7. The van der Waals surface area contributed by atoms with Crippen LogP contribution in [-0.2, 0) is 16.6 Å². The number of nitrogens with two attached hydrogens (primary N) is 1. The zero-order valence-electron chi connectivity index (χ0n) is 12.0. The Bertz CT molecular complexity index is 674. The lowest BCUT2D eigenvalue weighted by Gasteiger charge is -2.10. The van der Waals surface area contributed by atoms with Gasteiger partial charge in [0, 0.05) is 18.8 Å². The number of hydrogen-bond donors (Lipinski definition) is 1. The number of amides is 1. The van der Waals surface area contributed by atoms with Crippen molar-refractivity contribution in [1.29, 1.82) is 0 Å². The van der Waals surface area contributed by atoms with E-state index in [1.165, 1.54) is 4.68 Å². The second kappa shape index (κ2) is 5.73. The smallest absolute Gasteiger partial charge is 0.361 e. The Morgan fingerprint density at radius 1 is 1.48 bits per heavy atom. The highest BCUT2D eigenvalue weighted by molar-refractivity contribution is 5.94. The molecule has 0 aliphatic carbocycles. The van der Waals surface area contributed by atoms with E-state index in [2.05, 4.69) is 15.4 Å². The molecule has 0 aliphatic rings. The third-order valence-electron chi connectivity index (χ3n) is 2.92. The number of aryl methyl sites for hydroxylation is 1. The van der Waals surface area contributed by atoms with Gasteiger partial charge in [0.1, 0.15) is 11.7 Å². The summed E-state index contributed by atoms with van der Waals surface area (Å²) in [6.45, 7) is 3.48. The quantitative estimate of drug-likeness (QED) is 0.769. The molecule has 0 radical (unpaired) electrons. The van der Waals surface area contributed by atoms with Crippen LogP contribution in [0, 0.1) is 0 Å². The minimum Gasteiger partial charge on any atom is -0.461 e. The molecule has 9 nitrogen and oxygen atoms in total. The first kappa shape index (κ1) is 14.7. The third-order valence-corrected chi connectivity index (χ3v) is 2.92. The molecule has 9 heteroatoms. The lowest BCUT2D eigenvalue weighted by Crippen LogP contribution is -2.25. The van der Waals surface area contributed by atoms with Crippen LogP contribution in [0.5, 0.6) is 0 Å². The van der Waals surface area contributed by atoms with E-state index < -0.39 is 17.9 Å². The van der Waals surface area contributed by atoms with Crippen molar-refractivity contribution in [1.82, 2.24) is 24.8 Å². The summed E-state index contributed by atoms with van der Waals surface area (Å²) < 4.78 is 7.82. The summed E-state index contributed by atoms with van der Waals surface area (Å²) in [4.78, 5) is 23.4. The third kappa shape index (κ3) is 2.76. The highest BCUT2D eigenvalue weighted by Gasteiger charge is 2.27. The molecule has 0 spiro atoms. The Kier molecular flexibility index (Phi) is 4.01. The number of carbonyl (C=O) groups is 2. The summed E-state index contributed by atoms with van der Waals surface area (Å²) >= 11 is 0. The average Bonchev–Trinajstić information content (AvgIpc) is 3.03. The Labute approximate surface area is 120 Å². The van der Waals surface area contributed by atoms with Gasteiger partial charge in [0.05, 0.1) is 12.8 Å². The van der Waals surface area contributed by atoms with Crippen molar-refractivity contribution in [2.75, 3.05) is 6.61 Å². The molecule has 0 aromatic carbocycles. The van der Waals surface area contributed by atoms with Gasteiger partial charge in [-0.15, -0.1) is 5.10 Å². The number of hydrogen-bond acceptors (Lipinski definition) is 6. The molecule has 21 heavy (non-hydrogen) atoms. The van der Waals surface area contributed by atoms with Crippen LogP contribution in [0.3, 0.4) is 0 Å².